The van der Waals surface area contributed by atoms with Crippen molar-refractivity contribution in [2.75, 3.05) is 7.11 Å². The number of imidazole rings is 1. The van der Waals surface area contributed by atoms with Crippen LogP contribution in [0, 0.1) is 6.92 Å². The standard InChI is InChI=1S/C20H18N4O2S/c1-14-22-23-19(26-14)13-27-20-21-12-18(15-7-4-3-5-8-15)24(20)16-9-6-10-17(11-16)25-2/h3-12H,13H2,1-2H3. The molecule has 0 atom stereocenters. The number of rotatable bonds is 6. The number of hydrogen-bond donors (Lipinski definition) is 0. The van der Waals surface area contributed by atoms with E-state index in [0.29, 0.717) is 17.5 Å². The Kier molecular flexibility index (Phi) is 4.93. The molecule has 0 unspecified atom stereocenters. The lowest BCUT2D eigenvalue weighted by Crippen LogP contribution is -2.00. The minimum atomic E-state index is 0.552. The van der Waals surface area contributed by atoms with Crippen molar-refractivity contribution < 1.29 is 9.15 Å². The largest absolute Gasteiger partial charge is 0.497 e. The number of nitrogens with zero attached hydrogens (tertiary/aromatic N) is 4. The molecule has 0 spiro atoms. The van der Waals surface area contributed by atoms with Gasteiger partial charge in [0.25, 0.3) is 0 Å². The van der Waals surface area contributed by atoms with E-state index < -0.39 is 0 Å². The van der Waals surface area contributed by atoms with Crippen LogP contribution in [-0.4, -0.2) is 26.9 Å². The van der Waals surface area contributed by atoms with Gasteiger partial charge in [-0.25, -0.2) is 4.98 Å². The van der Waals surface area contributed by atoms with Crippen molar-refractivity contribution in [3.63, 3.8) is 0 Å². The van der Waals surface area contributed by atoms with Crippen LogP contribution in [0.1, 0.15) is 11.8 Å². The summed E-state index contributed by atoms with van der Waals surface area (Å²) in [5, 5.41) is 8.79. The quantitative estimate of drug-likeness (QED) is 0.459. The minimum Gasteiger partial charge on any atom is -0.497 e. The van der Waals surface area contributed by atoms with Crippen LogP contribution in [0.25, 0.3) is 16.9 Å². The summed E-state index contributed by atoms with van der Waals surface area (Å²) in [7, 11) is 1.67. The Morgan fingerprint density at radius 1 is 1.07 bits per heavy atom. The number of benzene rings is 2. The molecular weight excluding hydrogens is 360 g/mol. The van der Waals surface area contributed by atoms with Gasteiger partial charge in [-0.2, -0.15) is 0 Å². The van der Waals surface area contributed by atoms with Gasteiger partial charge >= 0.3 is 0 Å². The van der Waals surface area contributed by atoms with E-state index in [1.165, 1.54) is 0 Å². The summed E-state index contributed by atoms with van der Waals surface area (Å²) in [4.78, 5) is 4.64. The van der Waals surface area contributed by atoms with E-state index in [0.717, 1.165) is 27.9 Å². The van der Waals surface area contributed by atoms with E-state index >= 15 is 0 Å². The first-order valence-corrected chi connectivity index (χ1v) is 9.42. The molecule has 2 heterocycles. The number of aryl methyl sites for hydroxylation is 1. The lowest BCUT2D eigenvalue weighted by molar-refractivity contribution is 0.414. The van der Waals surface area contributed by atoms with E-state index in [4.69, 9.17) is 9.15 Å². The molecular formula is C20H18N4O2S. The average Bonchev–Trinajstić information content (AvgIpc) is 3.33. The SMILES string of the molecule is COc1cccc(-n2c(-c3ccccc3)cnc2SCc2nnc(C)o2)c1. The monoisotopic (exact) mass is 378 g/mol. The molecule has 0 aliphatic heterocycles. The third-order valence-electron chi connectivity index (χ3n) is 4.00. The Morgan fingerprint density at radius 3 is 2.67 bits per heavy atom. The molecule has 0 saturated heterocycles. The highest BCUT2D eigenvalue weighted by Crippen LogP contribution is 2.32. The normalized spacial score (nSPS) is 10.9. The molecule has 4 rings (SSSR count). The summed E-state index contributed by atoms with van der Waals surface area (Å²) < 4.78 is 13.0. The predicted molar refractivity (Wildman–Crippen MR) is 104 cm³/mol. The van der Waals surface area contributed by atoms with Crippen LogP contribution in [-0.2, 0) is 5.75 Å². The summed E-state index contributed by atoms with van der Waals surface area (Å²) in [5.74, 6) is 2.49. The molecule has 0 fully saturated rings. The van der Waals surface area contributed by atoms with Gasteiger partial charge in [-0.3, -0.25) is 4.57 Å². The summed E-state index contributed by atoms with van der Waals surface area (Å²) >= 11 is 1.55. The number of ether oxygens (including phenoxy) is 1. The highest BCUT2D eigenvalue weighted by molar-refractivity contribution is 7.98. The fourth-order valence-electron chi connectivity index (χ4n) is 2.77. The Balaban J connectivity index is 1.75. The van der Waals surface area contributed by atoms with Crippen LogP contribution >= 0.6 is 11.8 Å². The molecule has 6 nitrogen and oxygen atoms in total. The van der Waals surface area contributed by atoms with Gasteiger partial charge in [-0.05, 0) is 12.1 Å². The third-order valence-corrected chi connectivity index (χ3v) is 4.94. The summed E-state index contributed by atoms with van der Waals surface area (Å²) in [5.41, 5.74) is 3.08. The van der Waals surface area contributed by atoms with E-state index in [9.17, 15) is 0 Å². The van der Waals surface area contributed by atoms with E-state index in [2.05, 4.69) is 31.9 Å². The maximum Gasteiger partial charge on any atom is 0.226 e. The Labute approximate surface area is 161 Å². The van der Waals surface area contributed by atoms with Crippen molar-refractivity contribution in [2.24, 2.45) is 0 Å². The molecule has 0 aliphatic carbocycles. The maximum atomic E-state index is 5.48. The molecule has 0 N–H and O–H groups in total. The van der Waals surface area contributed by atoms with Crippen molar-refractivity contribution in [3.05, 3.63) is 72.6 Å². The zero-order valence-corrected chi connectivity index (χ0v) is 15.8. The number of methoxy groups -OCH3 is 1. The first-order chi connectivity index (χ1) is 13.2. The highest BCUT2D eigenvalue weighted by atomic mass is 32.2. The molecule has 0 saturated carbocycles. The van der Waals surface area contributed by atoms with Gasteiger partial charge in [0.05, 0.1) is 30.4 Å². The molecule has 0 aliphatic rings. The Bertz CT molecular complexity index is 1040. The zero-order valence-electron chi connectivity index (χ0n) is 15.0. The number of aromatic nitrogens is 4. The van der Waals surface area contributed by atoms with Gasteiger partial charge in [0.2, 0.25) is 11.8 Å². The minimum absolute atomic E-state index is 0.552. The van der Waals surface area contributed by atoms with Crippen LogP contribution in [0.15, 0.2) is 70.4 Å². The lowest BCUT2D eigenvalue weighted by atomic mass is 10.1. The second kappa shape index (κ2) is 7.67. The van der Waals surface area contributed by atoms with Crippen LogP contribution in [0.4, 0.5) is 0 Å². The Hall–Kier alpha value is -3.06. The predicted octanol–water partition coefficient (Wildman–Crippen LogP) is 4.53. The van der Waals surface area contributed by atoms with Crippen molar-refractivity contribution in [3.8, 4) is 22.7 Å². The topological polar surface area (TPSA) is 66.0 Å². The zero-order chi connectivity index (χ0) is 18.6. The van der Waals surface area contributed by atoms with E-state index in [-0.39, 0.29) is 0 Å². The van der Waals surface area contributed by atoms with Gasteiger partial charge < -0.3 is 9.15 Å². The second-order valence-corrected chi connectivity index (χ2v) is 6.77. The molecule has 2 aromatic carbocycles. The molecule has 0 radical (unpaired) electrons. The van der Waals surface area contributed by atoms with E-state index in [1.807, 2.05) is 48.7 Å². The first kappa shape index (κ1) is 17.4. The van der Waals surface area contributed by atoms with Crippen molar-refractivity contribution in [1.82, 2.24) is 19.7 Å². The Morgan fingerprint density at radius 2 is 1.93 bits per heavy atom. The van der Waals surface area contributed by atoms with Crippen LogP contribution in [0.5, 0.6) is 5.75 Å². The van der Waals surface area contributed by atoms with Crippen molar-refractivity contribution in [1.29, 1.82) is 0 Å². The van der Waals surface area contributed by atoms with Gasteiger partial charge in [-0.15, -0.1) is 10.2 Å². The van der Waals surface area contributed by atoms with Crippen molar-refractivity contribution in [2.45, 2.75) is 17.8 Å². The first-order valence-electron chi connectivity index (χ1n) is 8.44. The van der Waals surface area contributed by atoms with Gasteiger partial charge in [0.1, 0.15) is 5.75 Å². The lowest BCUT2D eigenvalue weighted by Gasteiger charge is -2.13. The summed E-state index contributed by atoms with van der Waals surface area (Å²) in [6.07, 6.45) is 1.89. The molecule has 4 aromatic rings. The number of hydrogen-bond acceptors (Lipinski definition) is 6. The summed E-state index contributed by atoms with van der Waals surface area (Å²) in [6, 6.07) is 18.1. The highest BCUT2D eigenvalue weighted by Gasteiger charge is 2.16. The van der Waals surface area contributed by atoms with E-state index in [1.54, 1.807) is 25.8 Å². The van der Waals surface area contributed by atoms with Gasteiger partial charge in [0, 0.05) is 18.6 Å². The average molecular weight is 378 g/mol. The van der Waals surface area contributed by atoms with Crippen molar-refractivity contribution >= 4 is 11.8 Å². The van der Waals surface area contributed by atoms with Gasteiger partial charge in [-0.1, -0.05) is 48.2 Å². The third kappa shape index (κ3) is 3.73. The molecule has 2 aromatic heterocycles. The van der Waals surface area contributed by atoms with Crippen LogP contribution < -0.4 is 4.74 Å². The fourth-order valence-corrected chi connectivity index (χ4v) is 3.60. The summed E-state index contributed by atoms with van der Waals surface area (Å²) in [6.45, 7) is 1.78. The molecule has 7 heteroatoms. The maximum absolute atomic E-state index is 5.48. The molecule has 0 bridgehead atoms. The van der Waals surface area contributed by atoms with Gasteiger partial charge in [0.15, 0.2) is 5.16 Å². The number of thioether (sulfide) groups is 1. The fraction of sp³-hybridized carbons (Fsp3) is 0.150. The molecule has 0 amide bonds. The van der Waals surface area contributed by atoms with Crippen LogP contribution in [0.3, 0.4) is 0 Å². The smallest absolute Gasteiger partial charge is 0.226 e. The van der Waals surface area contributed by atoms with Crippen LogP contribution in [0.2, 0.25) is 0 Å². The second-order valence-electron chi connectivity index (χ2n) is 5.83. The molecule has 27 heavy (non-hydrogen) atoms. The molecule has 136 valence electrons.